The molecule has 14 heavy (non-hydrogen) atoms. The summed E-state index contributed by atoms with van der Waals surface area (Å²) in [5, 5.41) is 0. The molecule has 2 aromatic rings. The van der Waals surface area contributed by atoms with E-state index in [1.54, 1.807) is 0 Å². The van der Waals surface area contributed by atoms with Gasteiger partial charge in [0.15, 0.2) is 0 Å². The molecular weight excluding hydrogens is 174 g/mol. The first-order valence-corrected chi connectivity index (χ1v) is 5.03. The van der Waals surface area contributed by atoms with E-state index < -0.39 is 0 Å². The fraction of sp³-hybridized carbons (Fsp3) is 0.364. The van der Waals surface area contributed by atoms with Crippen molar-refractivity contribution in [3.63, 3.8) is 0 Å². The van der Waals surface area contributed by atoms with E-state index in [4.69, 9.17) is 0 Å². The highest BCUT2D eigenvalue weighted by Crippen LogP contribution is 2.23. The van der Waals surface area contributed by atoms with E-state index in [1.807, 2.05) is 6.07 Å². The monoisotopic (exact) mass is 187 g/mol. The van der Waals surface area contributed by atoms with Crippen molar-refractivity contribution in [1.29, 1.82) is 0 Å². The van der Waals surface area contributed by atoms with Crippen LogP contribution >= 0.6 is 0 Å². The Morgan fingerprint density at radius 1 is 1.21 bits per heavy atom. The molecule has 72 valence electrons. The van der Waals surface area contributed by atoms with E-state index in [2.05, 4.69) is 39.7 Å². The van der Waals surface area contributed by atoms with Gasteiger partial charge in [-0.25, -0.2) is 4.98 Å². The lowest BCUT2D eigenvalue weighted by Crippen LogP contribution is -2.38. The first-order chi connectivity index (χ1) is 6.86. The van der Waals surface area contributed by atoms with Crippen molar-refractivity contribution < 1.29 is 0 Å². The molecule has 0 unspecified atom stereocenters. The molecule has 0 aliphatic carbocycles. The second-order valence-electron chi connectivity index (χ2n) is 3.80. The smallest absolute Gasteiger partial charge is 0.206 e. The second kappa shape index (κ2) is 2.74. The molecule has 2 heterocycles. The van der Waals surface area contributed by atoms with Gasteiger partial charge >= 0.3 is 0 Å². The third kappa shape index (κ3) is 0.953. The Labute approximate surface area is 83.0 Å². The SMILES string of the molecule is Cn1c(N2CCC2)nc2ccccc21. The molecule has 1 fully saturated rings. The number of fused-ring (bicyclic) bond motifs is 1. The van der Waals surface area contributed by atoms with Crippen molar-refractivity contribution in [2.24, 2.45) is 7.05 Å². The van der Waals surface area contributed by atoms with Crippen LogP contribution in [0.15, 0.2) is 24.3 Å². The lowest BCUT2D eigenvalue weighted by molar-refractivity contribution is 0.591. The highest BCUT2D eigenvalue weighted by molar-refractivity contribution is 5.78. The molecule has 1 aliphatic heterocycles. The Balaban J connectivity index is 2.19. The zero-order chi connectivity index (χ0) is 9.54. The van der Waals surface area contributed by atoms with Gasteiger partial charge in [0.05, 0.1) is 11.0 Å². The molecule has 0 N–H and O–H groups in total. The van der Waals surface area contributed by atoms with Crippen molar-refractivity contribution >= 4 is 17.0 Å². The van der Waals surface area contributed by atoms with Gasteiger partial charge in [-0.1, -0.05) is 12.1 Å². The Hall–Kier alpha value is -1.51. The maximum absolute atomic E-state index is 4.62. The molecule has 1 aliphatic rings. The molecule has 0 bridgehead atoms. The molecule has 1 saturated heterocycles. The maximum atomic E-state index is 4.62. The van der Waals surface area contributed by atoms with Crippen LogP contribution in [0.25, 0.3) is 11.0 Å². The average molecular weight is 187 g/mol. The van der Waals surface area contributed by atoms with Gasteiger partial charge in [0.25, 0.3) is 0 Å². The zero-order valence-corrected chi connectivity index (χ0v) is 8.27. The summed E-state index contributed by atoms with van der Waals surface area (Å²) in [6, 6.07) is 8.28. The average Bonchev–Trinajstić information content (AvgIpc) is 2.43. The number of para-hydroxylation sites is 2. The molecule has 0 atom stereocenters. The minimum atomic E-state index is 1.09. The van der Waals surface area contributed by atoms with Crippen LogP contribution in [-0.2, 0) is 7.05 Å². The number of benzene rings is 1. The van der Waals surface area contributed by atoms with E-state index in [0.717, 1.165) is 24.6 Å². The molecule has 3 rings (SSSR count). The summed E-state index contributed by atoms with van der Waals surface area (Å²) >= 11 is 0. The summed E-state index contributed by atoms with van der Waals surface area (Å²) < 4.78 is 2.18. The van der Waals surface area contributed by atoms with Crippen LogP contribution in [0.2, 0.25) is 0 Å². The number of rotatable bonds is 1. The van der Waals surface area contributed by atoms with Crippen LogP contribution in [0, 0.1) is 0 Å². The van der Waals surface area contributed by atoms with Crippen LogP contribution in [0.3, 0.4) is 0 Å². The van der Waals surface area contributed by atoms with Crippen molar-refractivity contribution in [3.8, 4) is 0 Å². The summed E-state index contributed by atoms with van der Waals surface area (Å²) in [4.78, 5) is 6.94. The number of imidazole rings is 1. The second-order valence-corrected chi connectivity index (χ2v) is 3.80. The van der Waals surface area contributed by atoms with Gasteiger partial charge in [0, 0.05) is 20.1 Å². The van der Waals surface area contributed by atoms with E-state index in [9.17, 15) is 0 Å². The zero-order valence-electron chi connectivity index (χ0n) is 8.27. The largest absolute Gasteiger partial charge is 0.342 e. The van der Waals surface area contributed by atoms with Crippen LogP contribution < -0.4 is 4.90 Å². The Kier molecular flexibility index (Phi) is 1.54. The van der Waals surface area contributed by atoms with Crippen molar-refractivity contribution in [2.75, 3.05) is 18.0 Å². The standard InChI is InChI=1S/C11H13N3/c1-13-10-6-3-2-5-9(10)12-11(13)14-7-4-8-14/h2-3,5-6H,4,7-8H2,1H3. The number of aryl methyl sites for hydroxylation is 1. The fourth-order valence-corrected chi connectivity index (χ4v) is 1.93. The number of hydrogen-bond donors (Lipinski definition) is 0. The molecule has 3 nitrogen and oxygen atoms in total. The van der Waals surface area contributed by atoms with Crippen molar-refractivity contribution in [2.45, 2.75) is 6.42 Å². The van der Waals surface area contributed by atoms with Crippen molar-refractivity contribution in [1.82, 2.24) is 9.55 Å². The van der Waals surface area contributed by atoms with Gasteiger partial charge in [-0.2, -0.15) is 0 Å². The van der Waals surface area contributed by atoms with E-state index in [1.165, 1.54) is 11.9 Å². The van der Waals surface area contributed by atoms with Crippen LogP contribution in [-0.4, -0.2) is 22.6 Å². The van der Waals surface area contributed by atoms with Gasteiger partial charge in [0.1, 0.15) is 0 Å². The Morgan fingerprint density at radius 3 is 2.64 bits per heavy atom. The number of anilines is 1. The summed E-state index contributed by atoms with van der Waals surface area (Å²) in [6.45, 7) is 2.30. The quantitative estimate of drug-likeness (QED) is 0.678. The van der Waals surface area contributed by atoms with E-state index in [0.29, 0.717) is 0 Å². The first-order valence-electron chi connectivity index (χ1n) is 5.03. The first kappa shape index (κ1) is 7.85. The number of hydrogen-bond acceptors (Lipinski definition) is 2. The third-order valence-corrected chi connectivity index (χ3v) is 2.90. The summed E-state index contributed by atoms with van der Waals surface area (Å²) in [6.07, 6.45) is 1.29. The minimum absolute atomic E-state index is 1.09. The van der Waals surface area contributed by atoms with Crippen molar-refractivity contribution in [3.05, 3.63) is 24.3 Å². The predicted molar refractivity (Wildman–Crippen MR) is 57.5 cm³/mol. The van der Waals surface area contributed by atoms with E-state index in [-0.39, 0.29) is 0 Å². The van der Waals surface area contributed by atoms with Gasteiger partial charge in [-0.3, -0.25) is 0 Å². The Bertz CT molecular complexity index is 468. The lowest BCUT2D eigenvalue weighted by Gasteiger charge is -2.31. The maximum Gasteiger partial charge on any atom is 0.206 e. The highest BCUT2D eigenvalue weighted by atomic mass is 15.3. The summed E-state index contributed by atoms with van der Waals surface area (Å²) in [5.41, 5.74) is 2.31. The van der Waals surface area contributed by atoms with Gasteiger partial charge < -0.3 is 9.47 Å². The number of nitrogens with zero attached hydrogens (tertiary/aromatic N) is 3. The predicted octanol–water partition coefficient (Wildman–Crippen LogP) is 1.78. The molecular formula is C11H13N3. The third-order valence-electron chi connectivity index (χ3n) is 2.90. The van der Waals surface area contributed by atoms with Crippen LogP contribution in [0.1, 0.15) is 6.42 Å². The lowest BCUT2D eigenvalue weighted by atomic mass is 10.2. The summed E-state index contributed by atoms with van der Waals surface area (Å²) in [7, 11) is 2.09. The van der Waals surface area contributed by atoms with Crippen LogP contribution in [0.4, 0.5) is 5.95 Å². The molecule has 3 heteroatoms. The van der Waals surface area contributed by atoms with Gasteiger partial charge in [-0.15, -0.1) is 0 Å². The molecule has 0 saturated carbocycles. The van der Waals surface area contributed by atoms with Crippen LogP contribution in [0.5, 0.6) is 0 Å². The topological polar surface area (TPSA) is 21.1 Å². The molecule has 1 aromatic carbocycles. The molecule has 0 amide bonds. The Morgan fingerprint density at radius 2 is 2.00 bits per heavy atom. The van der Waals surface area contributed by atoms with Gasteiger partial charge in [-0.05, 0) is 18.6 Å². The number of aromatic nitrogens is 2. The molecule has 0 spiro atoms. The molecule has 1 aromatic heterocycles. The summed E-state index contributed by atoms with van der Waals surface area (Å²) in [5.74, 6) is 1.11. The van der Waals surface area contributed by atoms with Gasteiger partial charge in [0.2, 0.25) is 5.95 Å². The highest BCUT2D eigenvalue weighted by Gasteiger charge is 2.19. The normalized spacial score (nSPS) is 15.9. The fourth-order valence-electron chi connectivity index (χ4n) is 1.93. The minimum Gasteiger partial charge on any atom is -0.342 e. The molecule has 0 radical (unpaired) electrons. The van der Waals surface area contributed by atoms with E-state index >= 15 is 0 Å².